The second kappa shape index (κ2) is 9.89. The Bertz CT molecular complexity index is 1060. The van der Waals surface area contributed by atoms with E-state index >= 15 is 0 Å². The van der Waals surface area contributed by atoms with E-state index in [-0.39, 0.29) is 11.7 Å². The Morgan fingerprint density at radius 2 is 1.97 bits per heavy atom. The molecule has 0 aliphatic heterocycles. The number of allylic oxidation sites excluding steroid dienone is 1. The molecule has 0 bridgehead atoms. The normalized spacial score (nSPS) is 10.5. The van der Waals surface area contributed by atoms with Crippen molar-refractivity contribution in [3.8, 4) is 11.4 Å². The molecule has 1 amide bonds. The highest BCUT2D eigenvalue weighted by Crippen LogP contribution is 2.24. The third-order valence-corrected chi connectivity index (χ3v) is 5.20. The zero-order chi connectivity index (χ0) is 21.5. The molecule has 1 aromatic heterocycles. The molecule has 8 heteroatoms. The Balaban J connectivity index is 1.69. The minimum absolute atomic E-state index is 0.144. The number of nitrogens with zero attached hydrogens (tertiary/aromatic N) is 3. The molecule has 30 heavy (non-hydrogen) atoms. The molecule has 0 aliphatic carbocycles. The highest BCUT2D eigenvalue weighted by atomic mass is 32.2. The van der Waals surface area contributed by atoms with E-state index in [0.29, 0.717) is 23.0 Å². The van der Waals surface area contributed by atoms with E-state index in [4.69, 9.17) is 4.74 Å². The van der Waals surface area contributed by atoms with E-state index in [1.165, 1.54) is 18.9 Å². The van der Waals surface area contributed by atoms with Gasteiger partial charge in [0, 0.05) is 17.8 Å². The molecule has 0 aliphatic rings. The predicted octanol–water partition coefficient (Wildman–Crippen LogP) is 3.96. The first-order valence-electron chi connectivity index (χ1n) is 9.24. The smallest absolute Gasteiger partial charge is 0.337 e. The van der Waals surface area contributed by atoms with Crippen LogP contribution in [-0.2, 0) is 16.1 Å². The van der Waals surface area contributed by atoms with Crippen LogP contribution in [0.5, 0.6) is 0 Å². The van der Waals surface area contributed by atoms with Crippen molar-refractivity contribution in [1.82, 2.24) is 14.8 Å². The molecule has 3 rings (SSSR count). The van der Waals surface area contributed by atoms with Gasteiger partial charge >= 0.3 is 5.97 Å². The van der Waals surface area contributed by atoms with Crippen LogP contribution in [0.25, 0.3) is 11.4 Å². The van der Waals surface area contributed by atoms with Crippen LogP contribution >= 0.6 is 11.8 Å². The maximum atomic E-state index is 12.4. The average molecular weight is 423 g/mol. The van der Waals surface area contributed by atoms with Gasteiger partial charge in [-0.1, -0.05) is 53.7 Å². The van der Waals surface area contributed by atoms with E-state index in [1.807, 2.05) is 35.8 Å². The SMILES string of the molecule is C=CCn1c(SCC(=O)Nc2cccc(C(=O)OC)c2)nnc1-c1ccc(C)cc1. The maximum absolute atomic E-state index is 12.4. The zero-order valence-corrected chi connectivity index (χ0v) is 17.6. The van der Waals surface area contributed by atoms with Gasteiger partial charge in [0.2, 0.25) is 5.91 Å². The molecule has 2 aromatic carbocycles. The second-order valence-corrected chi connectivity index (χ2v) is 7.42. The van der Waals surface area contributed by atoms with Crippen molar-refractivity contribution in [2.45, 2.75) is 18.6 Å². The Labute approximate surface area is 179 Å². The van der Waals surface area contributed by atoms with Crippen molar-refractivity contribution in [3.05, 3.63) is 72.3 Å². The van der Waals surface area contributed by atoms with Crippen LogP contribution in [0.4, 0.5) is 5.69 Å². The van der Waals surface area contributed by atoms with Gasteiger partial charge in [-0.15, -0.1) is 16.8 Å². The number of thioether (sulfide) groups is 1. The molecule has 0 atom stereocenters. The predicted molar refractivity (Wildman–Crippen MR) is 118 cm³/mol. The zero-order valence-electron chi connectivity index (χ0n) is 16.8. The topological polar surface area (TPSA) is 86.1 Å². The molecule has 0 unspecified atom stereocenters. The Morgan fingerprint density at radius 1 is 1.20 bits per heavy atom. The quantitative estimate of drug-likeness (QED) is 0.336. The lowest BCUT2D eigenvalue weighted by molar-refractivity contribution is -0.113. The lowest BCUT2D eigenvalue weighted by Gasteiger charge is -2.09. The van der Waals surface area contributed by atoms with E-state index in [9.17, 15) is 9.59 Å². The van der Waals surface area contributed by atoms with E-state index < -0.39 is 5.97 Å². The third kappa shape index (κ3) is 5.15. The van der Waals surface area contributed by atoms with Crippen LogP contribution in [0.2, 0.25) is 0 Å². The van der Waals surface area contributed by atoms with Crippen molar-refractivity contribution in [2.75, 3.05) is 18.2 Å². The van der Waals surface area contributed by atoms with Gasteiger partial charge in [-0.3, -0.25) is 9.36 Å². The standard InChI is InChI=1S/C22H22N4O3S/c1-4-12-26-20(16-10-8-15(2)9-11-16)24-25-22(26)30-14-19(27)23-18-7-5-6-17(13-18)21(28)29-3/h4-11,13H,1,12,14H2,2-3H3,(H,23,27). The summed E-state index contributed by atoms with van der Waals surface area (Å²) in [6.07, 6.45) is 1.77. The number of aryl methyl sites for hydroxylation is 1. The van der Waals surface area contributed by atoms with Gasteiger partial charge < -0.3 is 10.1 Å². The fourth-order valence-corrected chi connectivity index (χ4v) is 3.52. The number of rotatable bonds is 8. The minimum atomic E-state index is -0.457. The molecule has 3 aromatic rings. The number of ether oxygens (including phenoxy) is 1. The summed E-state index contributed by atoms with van der Waals surface area (Å²) in [6, 6.07) is 14.6. The Morgan fingerprint density at radius 3 is 2.67 bits per heavy atom. The average Bonchev–Trinajstić information content (AvgIpc) is 3.15. The molecule has 0 fully saturated rings. The van der Waals surface area contributed by atoms with Gasteiger partial charge in [0.1, 0.15) is 0 Å². The van der Waals surface area contributed by atoms with Crippen LogP contribution in [0, 0.1) is 6.92 Å². The number of methoxy groups -OCH3 is 1. The highest BCUT2D eigenvalue weighted by Gasteiger charge is 2.15. The first kappa shape index (κ1) is 21.3. The summed E-state index contributed by atoms with van der Waals surface area (Å²) < 4.78 is 6.63. The number of carbonyl (C=O) groups excluding carboxylic acids is 2. The number of hydrogen-bond donors (Lipinski definition) is 1. The van der Waals surface area contributed by atoms with Crippen molar-refractivity contribution < 1.29 is 14.3 Å². The summed E-state index contributed by atoms with van der Waals surface area (Å²) in [5.74, 6) is 0.198. The lowest BCUT2D eigenvalue weighted by Crippen LogP contribution is -2.15. The second-order valence-electron chi connectivity index (χ2n) is 6.48. The van der Waals surface area contributed by atoms with E-state index in [2.05, 4.69) is 22.1 Å². The summed E-state index contributed by atoms with van der Waals surface area (Å²) in [5.41, 5.74) is 3.01. The fourth-order valence-electron chi connectivity index (χ4n) is 2.77. The van der Waals surface area contributed by atoms with E-state index in [1.54, 1.807) is 30.3 Å². The summed E-state index contributed by atoms with van der Waals surface area (Å²) in [4.78, 5) is 24.0. The maximum Gasteiger partial charge on any atom is 0.337 e. The van der Waals surface area contributed by atoms with Crippen LogP contribution < -0.4 is 5.32 Å². The number of amides is 1. The van der Waals surface area contributed by atoms with Gasteiger partial charge in [-0.25, -0.2) is 4.79 Å². The summed E-state index contributed by atoms with van der Waals surface area (Å²) in [5, 5.41) is 12.0. The van der Waals surface area contributed by atoms with Crippen LogP contribution in [-0.4, -0.2) is 39.5 Å². The first-order chi connectivity index (χ1) is 14.5. The first-order valence-corrected chi connectivity index (χ1v) is 10.2. The molecule has 0 saturated carbocycles. The molecule has 0 radical (unpaired) electrons. The van der Waals surface area contributed by atoms with Crippen molar-refractivity contribution in [1.29, 1.82) is 0 Å². The summed E-state index contributed by atoms with van der Waals surface area (Å²) in [7, 11) is 1.31. The van der Waals surface area contributed by atoms with Crippen molar-refractivity contribution >= 4 is 29.3 Å². The Kier molecular flexibility index (Phi) is 7.03. The van der Waals surface area contributed by atoms with Gasteiger partial charge in [-0.05, 0) is 25.1 Å². The Hall–Kier alpha value is -3.39. The largest absolute Gasteiger partial charge is 0.465 e. The lowest BCUT2D eigenvalue weighted by atomic mass is 10.1. The molecule has 1 heterocycles. The number of esters is 1. The van der Waals surface area contributed by atoms with Gasteiger partial charge in [-0.2, -0.15) is 0 Å². The molecule has 0 spiro atoms. The third-order valence-electron chi connectivity index (χ3n) is 4.24. The van der Waals surface area contributed by atoms with Crippen LogP contribution in [0.1, 0.15) is 15.9 Å². The number of benzene rings is 2. The number of carbonyl (C=O) groups is 2. The molecular formula is C22H22N4O3S. The van der Waals surface area contributed by atoms with Crippen LogP contribution in [0.3, 0.4) is 0 Å². The number of hydrogen-bond acceptors (Lipinski definition) is 6. The number of aromatic nitrogens is 3. The molecular weight excluding hydrogens is 400 g/mol. The minimum Gasteiger partial charge on any atom is -0.465 e. The van der Waals surface area contributed by atoms with Crippen molar-refractivity contribution in [2.24, 2.45) is 0 Å². The van der Waals surface area contributed by atoms with Gasteiger partial charge in [0.25, 0.3) is 0 Å². The number of nitrogens with one attached hydrogen (secondary N) is 1. The molecule has 154 valence electrons. The summed E-state index contributed by atoms with van der Waals surface area (Å²) in [6.45, 7) is 6.36. The van der Waals surface area contributed by atoms with E-state index in [0.717, 1.165) is 17.0 Å². The van der Waals surface area contributed by atoms with Gasteiger partial charge in [0.05, 0.1) is 18.4 Å². The fraction of sp³-hybridized carbons (Fsp3) is 0.182. The highest BCUT2D eigenvalue weighted by molar-refractivity contribution is 7.99. The number of anilines is 1. The molecule has 0 saturated heterocycles. The van der Waals surface area contributed by atoms with Crippen molar-refractivity contribution in [3.63, 3.8) is 0 Å². The molecule has 7 nitrogen and oxygen atoms in total. The summed E-state index contributed by atoms with van der Waals surface area (Å²) >= 11 is 1.29. The van der Waals surface area contributed by atoms with Crippen LogP contribution in [0.15, 0.2) is 66.3 Å². The monoisotopic (exact) mass is 422 g/mol. The molecule has 1 N–H and O–H groups in total. The van der Waals surface area contributed by atoms with Gasteiger partial charge in [0.15, 0.2) is 11.0 Å².